The molecule has 1 aliphatic rings. The van der Waals surface area contributed by atoms with Crippen molar-refractivity contribution in [2.75, 3.05) is 0 Å². The highest BCUT2D eigenvalue weighted by Crippen LogP contribution is 2.32. The maximum Gasteiger partial charge on any atom is 0.270 e. The van der Waals surface area contributed by atoms with Gasteiger partial charge in [-0.05, 0) is 24.8 Å². The molecule has 3 aromatic rings. The first-order chi connectivity index (χ1) is 9.75. The van der Waals surface area contributed by atoms with E-state index >= 15 is 0 Å². The quantitative estimate of drug-likeness (QED) is 0.747. The molecule has 0 fully saturated rings. The first-order valence-electron chi connectivity index (χ1n) is 6.57. The summed E-state index contributed by atoms with van der Waals surface area (Å²) in [6.45, 7) is 0. The molecule has 5 heteroatoms. The lowest BCUT2D eigenvalue weighted by Crippen LogP contribution is -2.17. The molecule has 4 rings (SSSR count). The van der Waals surface area contributed by atoms with Crippen LogP contribution in [0.3, 0.4) is 0 Å². The number of aromatic nitrogens is 2. The van der Waals surface area contributed by atoms with Gasteiger partial charge in [-0.2, -0.15) is 4.98 Å². The van der Waals surface area contributed by atoms with Gasteiger partial charge in [-0.1, -0.05) is 30.3 Å². The second-order valence-electron chi connectivity index (χ2n) is 4.93. The number of thiazole rings is 1. The molecule has 20 heavy (non-hydrogen) atoms. The predicted octanol–water partition coefficient (Wildman–Crippen LogP) is 2.62. The van der Waals surface area contributed by atoms with Gasteiger partial charge in [-0.3, -0.25) is 9.20 Å². The fourth-order valence-corrected chi connectivity index (χ4v) is 4.01. The molecule has 0 aliphatic heterocycles. The van der Waals surface area contributed by atoms with Crippen LogP contribution in [-0.2, 0) is 12.8 Å². The number of rotatable bonds is 1. The second-order valence-corrected chi connectivity index (χ2v) is 5.99. The van der Waals surface area contributed by atoms with Gasteiger partial charge in [-0.15, -0.1) is 11.3 Å². The highest BCUT2D eigenvalue weighted by molar-refractivity contribution is 7.17. The van der Waals surface area contributed by atoms with E-state index in [9.17, 15) is 9.90 Å². The summed E-state index contributed by atoms with van der Waals surface area (Å²) in [5, 5.41) is 10.1. The Bertz CT molecular complexity index is 865. The number of hydrogen-bond donors (Lipinski definition) is 1. The molecule has 4 nitrogen and oxygen atoms in total. The standard InChI is InChI=1S/C15H12N2O2S/c18-13-12(9-5-2-1-3-6-9)14(19)17-10-7-4-8-11(10)20-15(17)16-13/h1-3,5-6,18H,4,7-8H2. The third-order valence-corrected chi connectivity index (χ3v) is 4.86. The van der Waals surface area contributed by atoms with Gasteiger partial charge in [0.2, 0.25) is 5.88 Å². The molecule has 0 saturated heterocycles. The third kappa shape index (κ3) is 1.53. The fourth-order valence-electron chi connectivity index (χ4n) is 2.81. The van der Waals surface area contributed by atoms with Crippen molar-refractivity contribution in [3.05, 3.63) is 51.3 Å². The molecule has 0 unspecified atom stereocenters. The molecule has 0 saturated carbocycles. The molecule has 1 aliphatic carbocycles. The van der Waals surface area contributed by atoms with E-state index in [2.05, 4.69) is 4.98 Å². The molecule has 2 aromatic heterocycles. The van der Waals surface area contributed by atoms with Gasteiger partial charge >= 0.3 is 0 Å². The van der Waals surface area contributed by atoms with Gasteiger partial charge in [0.1, 0.15) is 5.56 Å². The van der Waals surface area contributed by atoms with Crippen LogP contribution >= 0.6 is 11.3 Å². The normalized spacial score (nSPS) is 13.8. The van der Waals surface area contributed by atoms with Crippen molar-refractivity contribution in [3.8, 4) is 17.0 Å². The number of benzene rings is 1. The number of aromatic hydroxyl groups is 1. The highest BCUT2D eigenvalue weighted by Gasteiger charge is 2.23. The van der Waals surface area contributed by atoms with Gasteiger partial charge in [0, 0.05) is 10.6 Å². The van der Waals surface area contributed by atoms with Crippen molar-refractivity contribution in [1.82, 2.24) is 9.38 Å². The second kappa shape index (κ2) is 4.18. The van der Waals surface area contributed by atoms with Crippen LogP contribution in [0.25, 0.3) is 16.1 Å². The molecule has 1 aromatic carbocycles. The molecule has 2 heterocycles. The number of aryl methyl sites for hydroxylation is 2. The zero-order valence-corrected chi connectivity index (χ0v) is 11.5. The Morgan fingerprint density at radius 3 is 2.80 bits per heavy atom. The van der Waals surface area contributed by atoms with Crippen LogP contribution in [0.5, 0.6) is 5.88 Å². The van der Waals surface area contributed by atoms with Crippen LogP contribution < -0.4 is 5.56 Å². The number of fused-ring (bicyclic) bond motifs is 3. The third-order valence-electron chi connectivity index (χ3n) is 3.72. The fraction of sp³-hybridized carbons (Fsp3) is 0.200. The van der Waals surface area contributed by atoms with Gasteiger partial charge < -0.3 is 5.11 Å². The van der Waals surface area contributed by atoms with Crippen molar-refractivity contribution >= 4 is 16.3 Å². The van der Waals surface area contributed by atoms with Crippen molar-refractivity contribution in [2.24, 2.45) is 0 Å². The minimum atomic E-state index is -0.180. The molecular formula is C15H12N2O2S. The maximum atomic E-state index is 12.7. The Morgan fingerprint density at radius 2 is 2.00 bits per heavy atom. The van der Waals surface area contributed by atoms with E-state index in [1.165, 1.54) is 16.2 Å². The van der Waals surface area contributed by atoms with Crippen molar-refractivity contribution in [2.45, 2.75) is 19.3 Å². The van der Waals surface area contributed by atoms with Crippen LogP contribution in [0.2, 0.25) is 0 Å². The monoisotopic (exact) mass is 284 g/mol. The lowest BCUT2D eigenvalue weighted by Gasteiger charge is -2.05. The van der Waals surface area contributed by atoms with Gasteiger partial charge in [0.15, 0.2) is 4.96 Å². The molecule has 0 spiro atoms. The van der Waals surface area contributed by atoms with E-state index < -0.39 is 0 Å². The van der Waals surface area contributed by atoms with Crippen LogP contribution in [-0.4, -0.2) is 14.5 Å². The Balaban J connectivity index is 2.10. The first kappa shape index (κ1) is 11.7. The van der Waals surface area contributed by atoms with Crippen LogP contribution in [0, 0.1) is 0 Å². The number of hydrogen-bond acceptors (Lipinski definition) is 4. The lowest BCUT2D eigenvalue weighted by atomic mass is 10.1. The molecule has 0 amide bonds. The molecular weight excluding hydrogens is 272 g/mol. The van der Waals surface area contributed by atoms with Crippen molar-refractivity contribution < 1.29 is 5.11 Å². The predicted molar refractivity (Wildman–Crippen MR) is 78.5 cm³/mol. The first-order valence-corrected chi connectivity index (χ1v) is 7.39. The average Bonchev–Trinajstić information content (AvgIpc) is 2.99. The zero-order valence-electron chi connectivity index (χ0n) is 10.7. The van der Waals surface area contributed by atoms with Crippen molar-refractivity contribution in [3.63, 3.8) is 0 Å². The summed E-state index contributed by atoms with van der Waals surface area (Å²) in [6.07, 6.45) is 3.01. The molecule has 0 bridgehead atoms. The van der Waals surface area contributed by atoms with E-state index in [1.54, 1.807) is 4.40 Å². The Kier molecular flexibility index (Phi) is 2.44. The van der Waals surface area contributed by atoms with E-state index in [-0.39, 0.29) is 17.0 Å². The minimum Gasteiger partial charge on any atom is -0.493 e. The summed E-state index contributed by atoms with van der Waals surface area (Å²) in [4.78, 5) is 18.8. The summed E-state index contributed by atoms with van der Waals surface area (Å²) in [5.41, 5.74) is 1.89. The average molecular weight is 284 g/mol. The van der Waals surface area contributed by atoms with E-state index in [0.29, 0.717) is 10.5 Å². The van der Waals surface area contributed by atoms with Crippen LogP contribution in [0.1, 0.15) is 17.0 Å². The largest absolute Gasteiger partial charge is 0.493 e. The summed E-state index contributed by atoms with van der Waals surface area (Å²) >= 11 is 1.51. The topological polar surface area (TPSA) is 54.6 Å². The Hall–Kier alpha value is -2.14. The smallest absolute Gasteiger partial charge is 0.270 e. The Labute approximate surface area is 119 Å². The molecule has 0 atom stereocenters. The van der Waals surface area contributed by atoms with E-state index in [1.807, 2.05) is 30.3 Å². The summed E-state index contributed by atoms with van der Waals surface area (Å²) < 4.78 is 1.68. The minimum absolute atomic E-state index is 0.168. The van der Waals surface area contributed by atoms with E-state index in [0.717, 1.165) is 25.0 Å². The SMILES string of the molecule is O=c1c(-c2ccccc2)c(O)nc2sc3c(n12)CCC3. The van der Waals surface area contributed by atoms with Gasteiger partial charge in [0.05, 0.1) is 0 Å². The zero-order chi connectivity index (χ0) is 13.7. The Morgan fingerprint density at radius 1 is 1.20 bits per heavy atom. The number of nitrogens with zero attached hydrogens (tertiary/aromatic N) is 2. The van der Waals surface area contributed by atoms with Gasteiger partial charge in [-0.25, -0.2) is 0 Å². The summed E-state index contributed by atoms with van der Waals surface area (Å²) in [5.74, 6) is -0.180. The van der Waals surface area contributed by atoms with Crippen molar-refractivity contribution in [1.29, 1.82) is 0 Å². The molecule has 1 N–H and O–H groups in total. The lowest BCUT2D eigenvalue weighted by molar-refractivity contribution is 0.455. The highest BCUT2D eigenvalue weighted by atomic mass is 32.1. The summed E-state index contributed by atoms with van der Waals surface area (Å²) in [6, 6.07) is 9.21. The van der Waals surface area contributed by atoms with Crippen LogP contribution in [0.4, 0.5) is 0 Å². The molecule has 0 radical (unpaired) electrons. The van der Waals surface area contributed by atoms with Crippen LogP contribution in [0.15, 0.2) is 35.1 Å². The molecule has 100 valence electrons. The maximum absolute atomic E-state index is 12.7. The summed E-state index contributed by atoms with van der Waals surface area (Å²) in [7, 11) is 0. The van der Waals surface area contributed by atoms with E-state index in [4.69, 9.17) is 0 Å². The van der Waals surface area contributed by atoms with Gasteiger partial charge in [0.25, 0.3) is 5.56 Å².